The summed E-state index contributed by atoms with van der Waals surface area (Å²) in [6.45, 7) is 0. The van der Waals surface area contributed by atoms with Gasteiger partial charge in [0.25, 0.3) is 0 Å². The molecule has 0 saturated carbocycles. The molecule has 4 N–H and O–H groups in total. The fraction of sp³-hybridized carbons (Fsp3) is 0.125. The van der Waals surface area contributed by atoms with Crippen molar-refractivity contribution < 1.29 is 4.79 Å². The Bertz CT molecular complexity index is 292. The molecule has 12 heavy (non-hydrogen) atoms. The Morgan fingerprint density at radius 2 is 1.83 bits per heavy atom. The van der Waals surface area contributed by atoms with Crippen LogP contribution in [0.5, 0.6) is 0 Å². The van der Waals surface area contributed by atoms with Gasteiger partial charge in [0.05, 0.1) is 11.4 Å². The third-order valence-electron chi connectivity index (χ3n) is 1.53. The monoisotopic (exact) mass is 184 g/mol. The molecule has 0 atom stereocenters. The Morgan fingerprint density at radius 3 is 2.25 bits per heavy atom. The maximum atomic E-state index is 11.2. The molecule has 0 aromatic heterocycles. The molecular formula is C8H9ClN2O. The molecule has 1 aromatic carbocycles. The molecule has 1 rings (SSSR count). The van der Waals surface area contributed by atoms with Crippen LogP contribution in [0.1, 0.15) is 10.4 Å². The molecular weight excluding hydrogens is 176 g/mol. The van der Waals surface area contributed by atoms with E-state index in [9.17, 15) is 4.79 Å². The summed E-state index contributed by atoms with van der Waals surface area (Å²) >= 11 is 5.37. The van der Waals surface area contributed by atoms with Crippen LogP contribution in [0.15, 0.2) is 18.2 Å². The van der Waals surface area contributed by atoms with Crippen molar-refractivity contribution in [3.8, 4) is 0 Å². The lowest BCUT2D eigenvalue weighted by molar-refractivity contribution is 0.102. The standard InChI is InChI=1S/C8H9ClN2O/c9-4-7(12)8-5(10)2-1-3-6(8)11/h1-3H,4,10-11H2. The molecule has 0 aliphatic carbocycles. The van der Waals surface area contributed by atoms with Gasteiger partial charge < -0.3 is 11.5 Å². The summed E-state index contributed by atoms with van der Waals surface area (Å²) in [5.74, 6) is -0.342. The minimum atomic E-state index is -0.243. The van der Waals surface area contributed by atoms with Gasteiger partial charge in [-0.1, -0.05) is 6.07 Å². The number of hydrogen-bond acceptors (Lipinski definition) is 3. The van der Waals surface area contributed by atoms with Gasteiger partial charge in [-0.05, 0) is 12.1 Å². The predicted molar refractivity (Wildman–Crippen MR) is 50.3 cm³/mol. The van der Waals surface area contributed by atoms with Crippen molar-refractivity contribution in [3.63, 3.8) is 0 Å². The third-order valence-corrected chi connectivity index (χ3v) is 1.77. The van der Waals surface area contributed by atoms with E-state index in [1.165, 1.54) is 0 Å². The van der Waals surface area contributed by atoms with Crippen LogP contribution in [0, 0.1) is 0 Å². The summed E-state index contributed by atoms with van der Waals surface area (Å²) in [4.78, 5) is 11.2. The number of benzene rings is 1. The van der Waals surface area contributed by atoms with Crippen LogP contribution >= 0.6 is 11.6 Å². The minimum absolute atomic E-state index is 0.0988. The topological polar surface area (TPSA) is 69.1 Å². The maximum Gasteiger partial charge on any atom is 0.181 e. The third kappa shape index (κ3) is 1.51. The first kappa shape index (κ1) is 8.87. The second-order valence-electron chi connectivity index (χ2n) is 2.37. The van der Waals surface area contributed by atoms with Crippen LogP contribution in [0.3, 0.4) is 0 Å². The van der Waals surface area contributed by atoms with Crippen molar-refractivity contribution in [3.05, 3.63) is 23.8 Å². The zero-order chi connectivity index (χ0) is 9.14. The van der Waals surface area contributed by atoms with E-state index >= 15 is 0 Å². The number of carbonyl (C=O) groups is 1. The van der Waals surface area contributed by atoms with Crippen molar-refractivity contribution in [2.45, 2.75) is 0 Å². The minimum Gasteiger partial charge on any atom is -0.398 e. The molecule has 0 heterocycles. The van der Waals surface area contributed by atoms with Crippen LogP contribution in [0.4, 0.5) is 11.4 Å². The molecule has 0 aliphatic rings. The molecule has 0 unspecified atom stereocenters. The Kier molecular flexibility index (Phi) is 2.55. The highest BCUT2D eigenvalue weighted by Gasteiger charge is 2.10. The van der Waals surface area contributed by atoms with Gasteiger partial charge in [-0.15, -0.1) is 11.6 Å². The number of anilines is 2. The zero-order valence-electron chi connectivity index (χ0n) is 6.38. The number of hydrogen-bond donors (Lipinski definition) is 2. The second-order valence-corrected chi connectivity index (χ2v) is 2.64. The van der Waals surface area contributed by atoms with Crippen molar-refractivity contribution in [1.29, 1.82) is 0 Å². The molecule has 3 nitrogen and oxygen atoms in total. The fourth-order valence-corrected chi connectivity index (χ4v) is 1.11. The first-order valence-electron chi connectivity index (χ1n) is 3.40. The second kappa shape index (κ2) is 3.45. The van der Waals surface area contributed by atoms with Crippen molar-refractivity contribution in [2.24, 2.45) is 0 Å². The predicted octanol–water partition coefficient (Wildman–Crippen LogP) is 1.27. The highest BCUT2D eigenvalue weighted by atomic mass is 35.5. The highest BCUT2D eigenvalue weighted by Crippen LogP contribution is 2.19. The summed E-state index contributed by atoms with van der Waals surface area (Å²) in [7, 11) is 0. The van der Waals surface area contributed by atoms with Gasteiger partial charge in [-0.25, -0.2) is 0 Å². The smallest absolute Gasteiger partial charge is 0.181 e. The van der Waals surface area contributed by atoms with Gasteiger partial charge in [0, 0.05) is 11.4 Å². The molecule has 0 radical (unpaired) electrons. The summed E-state index contributed by atoms with van der Waals surface area (Å²) in [5.41, 5.74) is 12.2. The van der Waals surface area contributed by atoms with E-state index in [1.807, 2.05) is 0 Å². The molecule has 4 heteroatoms. The van der Waals surface area contributed by atoms with E-state index < -0.39 is 0 Å². The number of rotatable bonds is 2. The molecule has 0 aliphatic heterocycles. The van der Waals surface area contributed by atoms with Crippen LogP contribution in [0.25, 0.3) is 0 Å². The number of Topliss-reactive ketones (excluding diaryl/α,β-unsaturated/α-hetero) is 1. The number of ketones is 1. The highest BCUT2D eigenvalue weighted by molar-refractivity contribution is 6.31. The van der Waals surface area contributed by atoms with Gasteiger partial charge in [0.1, 0.15) is 0 Å². The molecule has 0 saturated heterocycles. The molecule has 0 amide bonds. The summed E-state index contributed by atoms with van der Waals surface area (Å²) < 4.78 is 0. The van der Waals surface area contributed by atoms with Crippen LogP contribution in [-0.2, 0) is 0 Å². The van der Waals surface area contributed by atoms with E-state index in [2.05, 4.69) is 0 Å². The SMILES string of the molecule is Nc1cccc(N)c1C(=O)CCl. The van der Waals surface area contributed by atoms with E-state index in [1.54, 1.807) is 18.2 Å². The van der Waals surface area contributed by atoms with Gasteiger partial charge in [0.15, 0.2) is 5.78 Å². The van der Waals surface area contributed by atoms with E-state index in [-0.39, 0.29) is 11.7 Å². The average Bonchev–Trinajstić information content (AvgIpc) is 2.03. The largest absolute Gasteiger partial charge is 0.398 e. The fourth-order valence-electron chi connectivity index (χ4n) is 0.978. The van der Waals surface area contributed by atoms with Crippen molar-refractivity contribution in [2.75, 3.05) is 17.3 Å². The van der Waals surface area contributed by atoms with E-state index in [0.29, 0.717) is 16.9 Å². The van der Waals surface area contributed by atoms with Gasteiger partial charge >= 0.3 is 0 Å². The number of nitrogen functional groups attached to an aromatic ring is 2. The first-order chi connectivity index (χ1) is 5.66. The lowest BCUT2D eigenvalue weighted by Gasteiger charge is -2.04. The van der Waals surface area contributed by atoms with Crippen LogP contribution < -0.4 is 11.5 Å². The molecule has 0 fully saturated rings. The summed E-state index contributed by atoms with van der Waals surface area (Å²) in [6, 6.07) is 4.93. The Hall–Kier alpha value is -1.22. The quantitative estimate of drug-likeness (QED) is 0.413. The maximum absolute atomic E-state index is 11.2. The van der Waals surface area contributed by atoms with Crippen molar-refractivity contribution in [1.82, 2.24) is 0 Å². The lowest BCUT2D eigenvalue weighted by Crippen LogP contribution is -2.08. The summed E-state index contributed by atoms with van der Waals surface area (Å²) in [6.07, 6.45) is 0. The lowest BCUT2D eigenvalue weighted by atomic mass is 10.1. The van der Waals surface area contributed by atoms with E-state index in [4.69, 9.17) is 23.1 Å². The van der Waals surface area contributed by atoms with Gasteiger partial charge in [-0.2, -0.15) is 0 Å². The number of halogens is 1. The normalized spacial score (nSPS) is 9.75. The molecule has 1 aromatic rings. The van der Waals surface area contributed by atoms with Crippen LogP contribution in [0.2, 0.25) is 0 Å². The van der Waals surface area contributed by atoms with Crippen molar-refractivity contribution >= 4 is 28.8 Å². The van der Waals surface area contributed by atoms with Crippen LogP contribution in [-0.4, -0.2) is 11.7 Å². The number of carbonyl (C=O) groups excluding carboxylic acids is 1. The Morgan fingerprint density at radius 1 is 1.33 bits per heavy atom. The first-order valence-corrected chi connectivity index (χ1v) is 3.93. The number of nitrogens with two attached hydrogens (primary N) is 2. The van der Waals surface area contributed by atoms with Gasteiger partial charge in [0.2, 0.25) is 0 Å². The molecule has 0 spiro atoms. The molecule has 0 bridgehead atoms. The van der Waals surface area contributed by atoms with Gasteiger partial charge in [-0.3, -0.25) is 4.79 Å². The Balaban J connectivity index is 3.21. The average molecular weight is 185 g/mol. The molecule has 64 valence electrons. The number of alkyl halides is 1. The van der Waals surface area contributed by atoms with E-state index in [0.717, 1.165) is 0 Å². The zero-order valence-corrected chi connectivity index (χ0v) is 7.14. The summed E-state index contributed by atoms with van der Waals surface area (Å²) in [5, 5.41) is 0. The Labute approximate surface area is 75.3 Å².